The number of fused-ring (bicyclic) bond motifs is 3. The van der Waals surface area contributed by atoms with Gasteiger partial charge in [-0.05, 0) is 102 Å². The van der Waals surface area contributed by atoms with Gasteiger partial charge in [0.1, 0.15) is 36.6 Å². The van der Waals surface area contributed by atoms with Gasteiger partial charge < -0.3 is 34.2 Å². The van der Waals surface area contributed by atoms with E-state index in [1.54, 1.807) is 24.3 Å². The number of benzene rings is 5. The molecule has 0 radical (unpaired) electrons. The van der Waals surface area contributed by atoms with Crippen molar-refractivity contribution in [3.8, 4) is 11.5 Å². The van der Waals surface area contributed by atoms with Crippen LogP contribution in [-0.2, 0) is 34.1 Å². The molecule has 344 valence electrons. The Bertz CT molecular complexity index is 2540. The van der Waals surface area contributed by atoms with Crippen LogP contribution in [-0.4, -0.2) is 58.4 Å². The van der Waals surface area contributed by atoms with Crippen LogP contribution in [0.15, 0.2) is 145 Å². The Morgan fingerprint density at radius 2 is 1.61 bits per heavy atom. The third-order valence-corrected chi connectivity index (χ3v) is 14.1. The summed E-state index contributed by atoms with van der Waals surface area (Å²) in [6.07, 6.45) is 10.6. The molecule has 66 heavy (non-hydrogen) atoms. The molecule has 4 aliphatic rings. The molecule has 10 heteroatoms. The summed E-state index contributed by atoms with van der Waals surface area (Å²) in [6, 6.07) is 36.3. The van der Waals surface area contributed by atoms with E-state index in [2.05, 4.69) is 43.0 Å². The maximum absolute atomic E-state index is 15.2. The van der Waals surface area contributed by atoms with Gasteiger partial charge in [-0.1, -0.05) is 121 Å². The van der Waals surface area contributed by atoms with Gasteiger partial charge in [-0.25, -0.2) is 4.39 Å². The van der Waals surface area contributed by atoms with Gasteiger partial charge in [0.15, 0.2) is 0 Å². The Hall–Kier alpha value is -5.81. The summed E-state index contributed by atoms with van der Waals surface area (Å²) in [6.45, 7) is 5.10. The molecule has 2 saturated carbocycles. The lowest BCUT2D eigenvalue weighted by Gasteiger charge is -2.60. The minimum Gasteiger partial charge on any atom is -0.489 e. The van der Waals surface area contributed by atoms with E-state index >= 15 is 4.79 Å². The van der Waals surface area contributed by atoms with Crippen LogP contribution in [0.2, 0.25) is 0 Å². The third-order valence-electron chi connectivity index (χ3n) is 14.1. The maximum Gasteiger partial charge on any atom is 0.239 e. The molecule has 3 aliphatic carbocycles. The number of rotatable bonds is 21. The number of nitrogens with zero attached hydrogens (tertiary/aromatic N) is 2. The fraction of sp³-hybridized carbons (Fsp3) is 0.393. The molecule has 0 bridgehead atoms. The Morgan fingerprint density at radius 3 is 2.39 bits per heavy atom. The van der Waals surface area contributed by atoms with Gasteiger partial charge in [0.25, 0.3) is 0 Å². The van der Waals surface area contributed by atoms with Gasteiger partial charge in [0.2, 0.25) is 11.7 Å². The number of hydrogen-bond acceptors (Lipinski definition) is 8. The number of halogens is 1. The average Bonchev–Trinajstić information content (AvgIpc) is 4.20. The first-order valence-corrected chi connectivity index (χ1v) is 23.8. The Labute approximate surface area is 387 Å². The van der Waals surface area contributed by atoms with Crippen LogP contribution >= 0.6 is 0 Å². The molecular formula is C56H61FN2O7. The Kier molecular flexibility index (Phi) is 14.3. The Balaban J connectivity index is 1.24. The lowest BCUT2D eigenvalue weighted by Crippen LogP contribution is -2.70. The predicted octanol–water partition coefficient (Wildman–Crippen LogP) is 10.8. The molecule has 0 saturated heterocycles. The van der Waals surface area contributed by atoms with E-state index in [9.17, 15) is 14.6 Å². The van der Waals surface area contributed by atoms with E-state index in [1.165, 1.54) is 6.07 Å². The predicted molar refractivity (Wildman–Crippen MR) is 254 cm³/mol. The molecule has 0 aromatic heterocycles. The van der Waals surface area contributed by atoms with Gasteiger partial charge in [0.05, 0.1) is 18.2 Å². The zero-order valence-electron chi connectivity index (χ0n) is 37.6. The number of allylic oxidation sites excluding steroid dienone is 1. The van der Waals surface area contributed by atoms with Crippen molar-refractivity contribution < 1.29 is 38.4 Å². The molecule has 1 heterocycles. The van der Waals surface area contributed by atoms with Crippen molar-refractivity contribution in [2.75, 3.05) is 19.8 Å². The maximum atomic E-state index is 15.2. The molecule has 2 fully saturated rings. The van der Waals surface area contributed by atoms with Crippen molar-refractivity contribution in [2.24, 2.45) is 28.8 Å². The van der Waals surface area contributed by atoms with Crippen LogP contribution in [0.25, 0.3) is 10.8 Å². The van der Waals surface area contributed by atoms with Crippen LogP contribution in [0.5, 0.6) is 11.5 Å². The number of ether oxygens (including phenoxy) is 3. The van der Waals surface area contributed by atoms with Crippen molar-refractivity contribution >= 4 is 22.4 Å². The molecule has 5 aromatic rings. The summed E-state index contributed by atoms with van der Waals surface area (Å²) in [5, 5.41) is 27.3. The number of carbonyl (C=O) groups is 1. The van der Waals surface area contributed by atoms with Crippen LogP contribution in [0.1, 0.15) is 86.0 Å². The first-order chi connectivity index (χ1) is 32.4. The molecule has 6 atom stereocenters. The number of carbonyl (C=O) groups excluding carboxylic acids is 1. The molecule has 5 aromatic carbocycles. The summed E-state index contributed by atoms with van der Waals surface area (Å²) < 4.78 is 36.0. The van der Waals surface area contributed by atoms with Crippen molar-refractivity contribution in [1.82, 2.24) is 4.90 Å². The van der Waals surface area contributed by atoms with E-state index in [1.807, 2.05) is 65.6 Å². The van der Waals surface area contributed by atoms with E-state index in [4.69, 9.17) is 24.2 Å². The fourth-order valence-corrected chi connectivity index (χ4v) is 10.8. The van der Waals surface area contributed by atoms with Crippen molar-refractivity contribution in [2.45, 2.75) is 95.3 Å². The summed E-state index contributed by atoms with van der Waals surface area (Å²) in [5.74, 6) is -1.17. The van der Waals surface area contributed by atoms with Gasteiger partial charge in [-0.3, -0.25) is 4.79 Å². The van der Waals surface area contributed by atoms with Gasteiger partial charge in [0, 0.05) is 49.1 Å². The van der Waals surface area contributed by atoms with Crippen LogP contribution in [0.4, 0.5) is 4.39 Å². The van der Waals surface area contributed by atoms with Crippen molar-refractivity contribution in [1.29, 1.82) is 0 Å². The number of amides is 1. The largest absolute Gasteiger partial charge is 0.489 e. The lowest BCUT2D eigenvalue weighted by molar-refractivity contribution is -0.258. The monoisotopic (exact) mass is 892 g/mol. The molecule has 9 nitrogen and oxygen atoms in total. The second-order valence-corrected chi connectivity index (χ2v) is 18.3. The average molecular weight is 893 g/mol. The molecular weight excluding hydrogens is 832 g/mol. The first-order valence-electron chi connectivity index (χ1n) is 23.8. The van der Waals surface area contributed by atoms with E-state index in [0.717, 1.165) is 77.3 Å². The minimum atomic E-state index is -1.40. The van der Waals surface area contributed by atoms with E-state index < -0.39 is 17.7 Å². The summed E-state index contributed by atoms with van der Waals surface area (Å²) in [7, 11) is 0. The topological polar surface area (TPSA) is 110 Å². The molecule has 6 unspecified atom stereocenters. The van der Waals surface area contributed by atoms with Crippen molar-refractivity contribution in [3.63, 3.8) is 0 Å². The summed E-state index contributed by atoms with van der Waals surface area (Å²) in [5.41, 5.74) is 5.12. The highest BCUT2D eigenvalue weighted by Crippen LogP contribution is 2.62. The number of hydrogen-bond donors (Lipinski definition) is 2. The second-order valence-electron chi connectivity index (χ2n) is 18.3. The summed E-state index contributed by atoms with van der Waals surface area (Å²) in [4.78, 5) is 23.5. The zero-order valence-corrected chi connectivity index (χ0v) is 37.6. The molecule has 9 rings (SSSR count). The van der Waals surface area contributed by atoms with Crippen LogP contribution in [0, 0.1) is 29.5 Å². The highest BCUT2D eigenvalue weighted by Gasteiger charge is 2.66. The standard InChI is InChI=1S/C56H61FN2O7/c1-2-31-64-56-52(59(55(62)40-25-26-40)35-42-21-14-20-39-17-6-8-22-45(39)42)34-50(58-65-36-38-15-4-3-5-16-38)47-32-41(18-10-12-29-60)46(23-11-13-30-61)53(54(47)56)48-33-44(27-28-51(48)66-56)63-37-43-19-7-9-24-49(43)57/h2-9,14-17,19-22,24,27-28,32-33,40-41,46,52-54,60-61H,1,10-13,18,23,25-26,29-31,34-37H2. The quantitative estimate of drug-likeness (QED) is 0.0429. The molecule has 1 amide bonds. The third kappa shape index (κ3) is 9.55. The highest BCUT2D eigenvalue weighted by molar-refractivity contribution is 6.03. The molecule has 0 spiro atoms. The van der Waals surface area contributed by atoms with Gasteiger partial charge in [-0.2, -0.15) is 0 Å². The van der Waals surface area contributed by atoms with Gasteiger partial charge >= 0.3 is 0 Å². The number of oxime groups is 1. The minimum absolute atomic E-state index is 0.0380. The fourth-order valence-electron chi connectivity index (χ4n) is 10.8. The smallest absolute Gasteiger partial charge is 0.239 e. The number of aliphatic hydroxyl groups excluding tert-OH is 2. The molecule has 2 N–H and O–H groups in total. The number of aliphatic hydroxyl groups is 2. The first kappa shape index (κ1) is 45.4. The zero-order chi connectivity index (χ0) is 45.5. The highest BCUT2D eigenvalue weighted by atomic mass is 19.1. The Morgan fingerprint density at radius 1 is 0.864 bits per heavy atom. The van der Waals surface area contributed by atoms with Crippen LogP contribution in [0.3, 0.4) is 0 Å². The normalized spacial score (nSPS) is 23.6. The SMILES string of the molecule is C=CCOC12Oc3ccc(OCc4ccccc4F)cc3C3C(CCCCO)C(CCCCO)C=C(C(=NOCc4ccccc4)CC1N(Cc1cccc4ccccc14)C(=O)C1CC1)C32. The van der Waals surface area contributed by atoms with E-state index in [0.29, 0.717) is 42.9 Å². The molecule has 1 aliphatic heterocycles. The van der Waals surface area contributed by atoms with Crippen LogP contribution < -0.4 is 9.47 Å². The van der Waals surface area contributed by atoms with E-state index in [-0.39, 0.29) is 68.4 Å². The second kappa shape index (κ2) is 20.8. The lowest BCUT2D eigenvalue weighted by atomic mass is 9.55. The summed E-state index contributed by atoms with van der Waals surface area (Å²) >= 11 is 0. The van der Waals surface area contributed by atoms with Gasteiger partial charge in [-0.15, -0.1) is 6.58 Å². The van der Waals surface area contributed by atoms with Crippen molar-refractivity contribution in [3.05, 3.63) is 168 Å². The number of unbranched alkanes of at least 4 members (excludes halogenated alkanes) is 2.